The van der Waals surface area contributed by atoms with Crippen molar-refractivity contribution in [1.29, 1.82) is 0 Å². The third-order valence-electron chi connectivity index (χ3n) is 3.21. The van der Waals surface area contributed by atoms with Crippen LogP contribution in [0.25, 0.3) is 0 Å². The molecular weight excluding hydrogens is 274 g/mol. The van der Waals surface area contributed by atoms with Gasteiger partial charge >= 0.3 is 0 Å². The van der Waals surface area contributed by atoms with E-state index >= 15 is 0 Å². The van der Waals surface area contributed by atoms with Crippen LogP contribution in [-0.4, -0.2) is 17.8 Å². The highest BCUT2D eigenvalue weighted by molar-refractivity contribution is 5.27. The molecule has 0 spiro atoms. The van der Waals surface area contributed by atoms with Crippen LogP contribution in [0.5, 0.6) is 5.75 Å². The zero-order chi connectivity index (χ0) is 15.2. The molecule has 2 rings (SSSR count). The molecule has 0 aliphatic heterocycles. The maximum absolute atomic E-state index is 13.5. The molecule has 21 heavy (non-hydrogen) atoms. The van der Waals surface area contributed by atoms with Crippen LogP contribution in [0.4, 0.5) is 8.78 Å². The van der Waals surface area contributed by atoms with Crippen molar-refractivity contribution in [1.82, 2.24) is 0 Å². The summed E-state index contributed by atoms with van der Waals surface area (Å²) in [5.74, 6) is -0.540. The molecule has 1 unspecified atom stereocenters. The van der Waals surface area contributed by atoms with Crippen molar-refractivity contribution in [2.75, 3.05) is 6.61 Å². The highest BCUT2D eigenvalue weighted by Gasteiger charge is 2.13. The van der Waals surface area contributed by atoms with Gasteiger partial charge in [-0.3, -0.25) is 0 Å². The molecule has 0 aliphatic rings. The van der Waals surface area contributed by atoms with E-state index in [0.717, 1.165) is 11.3 Å². The van der Waals surface area contributed by atoms with Crippen molar-refractivity contribution < 1.29 is 18.6 Å². The van der Waals surface area contributed by atoms with Crippen LogP contribution in [0.15, 0.2) is 42.5 Å². The fourth-order valence-electron chi connectivity index (χ4n) is 2.08. The van der Waals surface area contributed by atoms with Crippen LogP contribution in [0.3, 0.4) is 0 Å². The summed E-state index contributed by atoms with van der Waals surface area (Å²) in [6.07, 6.45) is -0.599. The van der Waals surface area contributed by atoms with E-state index in [1.807, 2.05) is 31.2 Å². The van der Waals surface area contributed by atoms with E-state index in [1.165, 1.54) is 18.2 Å². The minimum Gasteiger partial charge on any atom is -0.493 e. The molecule has 0 aromatic heterocycles. The topological polar surface area (TPSA) is 29.5 Å². The largest absolute Gasteiger partial charge is 0.493 e. The summed E-state index contributed by atoms with van der Waals surface area (Å²) in [5, 5.41) is 9.87. The molecule has 4 heteroatoms. The molecule has 0 bridgehead atoms. The molecule has 112 valence electrons. The van der Waals surface area contributed by atoms with Gasteiger partial charge in [-0.25, -0.2) is 8.78 Å². The number of aryl methyl sites for hydroxylation is 1. The lowest BCUT2D eigenvalue weighted by atomic mass is 10.0. The Balaban J connectivity index is 1.84. The van der Waals surface area contributed by atoms with Crippen molar-refractivity contribution in [3.8, 4) is 5.75 Å². The Morgan fingerprint density at radius 3 is 2.43 bits per heavy atom. The maximum atomic E-state index is 13.5. The molecule has 0 saturated carbocycles. The van der Waals surface area contributed by atoms with Gasteiger partial charge in [-0.2, -0.15) is 0 Å². The van der Waals surface area contributed by atoms with Gasteiger partial charge in [0.2, 0.25) is 0 Å². The zero-order valence-electron chi connectivity index (χ0n) is 11.9. The summed E-state index contributed by atoms with van der Waals surface area (Å²) < 4.78 is 32.4. The highest BCUT2D eigenvalue weighted by atomic mass is 19.1. The Hall–Kier alpha value is -1.94. The molecule has 2 nitrogen and oxygen atoms in total. The molecule has 2 aromatic carbocycles. The first-order valence-electron chi connectivity index (χ1n) is 6.86. The van der Waals surface area contributed by atoms with Gasteiger partial charge in [0.25, 0.3) is 0 Å². The lowest BCUT2D eigenvalue weighted by molar-refractivity contribution is 0.137. The predicted octanol–water partition coefficient (Wildman–Crippen LogP) is 3.65. The van der Waals surface area contributed by atoms with E-state index in [2.05, 4.69) is 0 Å². The van der Waals surface area contributed by atoms with E-state index < -0.39 is 17.7 Å². The molecule has 0 radical (unpaired) electrons. The number of aliphatic hydroxyl groups is 1. The van der Waals surface area contributed by atoms with Crippen LogP contribution >= 0.6 is 0 Å². The Bertz CT molecular complexity index is 579. The molecule has 0 fully saturated rings. The van der Waals surface area contributed by atoms with Crippen molar-refractivity contribution in [3.63, 3.8) is 0 Å². The fraction of sp³-hybridized carbons (Fsp3) is 0.294. The van der Waals surface area contributed by atoms with Gasteiger partial charge in [0.05, 0.1) is 12.7 Å². The number of hydrogen-bond donors (Lipinski definition) is 1. The second-order valence-electron chi connectivity index (χ2n) is 5.01. The predicted molar refractivity (Wildman–Crippen MR) is 77.4 cm³/mol. The number of ether oxygens (including phenoxy) is 1. The maximum Gasteiger partial charge on any atom is 0.129 e. The van der Waals surface area contributed by atoms with Crippen LogP contribution in [0.2, 0.25) is 0 Å². The first kappa shape index (κ1) is 15.4. The lowest BCUT2D eigenvalue weighted by Gasteiger charge is -2.13. The van der Waals surface area contributed by atoms with Gasteiger partial charge in [0, 0.05) is 18.4 Å². The normalized spacial score (nSPS) is 12.2. The Kier molecular flexibility index (Phi) is 5.28. The van der Waals surface area contributed by atoms with Gasteiger partial charge in [-0.15, -0.1) is 0 Å². The molecule has 1 atom stereocenters. The number of rotatable bonds is 6. The lowest BCUT2D eigenvalue weighted by Crippen LogP contribution is -2.16. The van der Waals surface area contributed by atoms with Crippen LogP contribution in [-0.2, 0) is 6.42 Å². The molecule has 0 heterocycles. The average Bonchev–Trinajstić information content (AvgIpc) is 2.43. The molecule has 0 aliphatic carbocycles. The smallest absolute Gasteiger partial charge is 0.129 e. The van der Waals surface area contributed by atoms with Gasteiger partial charge in [0.1, 0.15) is 17.4 Å². The van der Waals surface area contributed by atoms with E-state index in [-0.39, 0.29) is 12.0 Å². The monoisotopic (exact) mass is 292 g/mol. The van der Waals surface area contributed by atoms with Gasteiger partial charge in [0.15, 0.2) is 0 Å². The average molecular weight is 292 g/mol. The van der Waals surface area contributed by atoms with Crippen molar-refractivity contribution in [2.24, 2.45) is 0 Å². The third-order valence-corrected chi connectivity index (χ3v) is 3.21. The molecule has 0 amide bonds. The minimum absolute atomic E-state index is 0.0598. The molecule has 0 saturated heterocycles. The molecular formula is C17H18F2O2. The van der Waals surface area contributed by atoms with Crippen molar-refractivity contribution >= 4 is 0 Å². The number of aliphatic hydroxyl groups excluding tert-OH is 1. The second-order valence-corrected chi connectivity index (χ2v) is 5.01. The van der Waals surface area contributed by atoms with Crippen LogP contribution in [0, 0.1) is 18.6 Å². The number of halogens is 2. The summed E-state index contributed by atoms with van der Waals surface area (Å²) in [6, 6.07) is 11.3. The highest BCUT2D eigenvalue weighted by Crippen LogP contribution is 2.16. The summed E-state index contributed by atoms with van der Waals surface area (Å²) in [6.45, 7) is 2.25. The molecule has 1 N–H and O–H groups in total. The first-order valence-corrected chi connectivity index (χ1v) is 6.86. The quantitative estimate of drug-likeness (QED) is 0.880. The zero-order valence-corrected chi connectivity index (χ0v) is 11.9. The summed E-state index contributed by atoms with van der Waals surface area (Å²) >= 11 is 0. The van der Waals surface area contributed by atoms with Crippen molar-refractivity contribution in [2.45, 2.75) is 25.9 Å². The molecule has 2 aromatic rings. The Morgan fingerprint density at radius 2 is 1.76 bits per heavy atom. The van der Waals surface area contributed by atoms with E-state index in [1.54, 1.807) is 0 Å². The standard InChI is InChI=1S/C17H18F2O2/c1-12-4-2-5-14(10-12)21-9-8-13(20)11-15-16(18)6-3-7-17(15)19/h2-7,10,13,20H,8-9,11H2,1H3. The van der Waals surface area contributed by atoms with Gasteiger partial charge in [-0.05, 0) is 36.8 Å². The van der Waals surface area contributed by atoms with E-state index in [4.69, 9.17) is 4.74 Å². The second kappa shape index (κ2) is 7.18. The first-order chi connectivity index (χ1) is 10.1. The van der Waals surface area contributed by atoms with Crippen molar-refractivity contribution in [3.05, 3.63) is 65.2 Å². The van der Waals surface area contributed by atoms with Crippen LogP contribution < -0.4 is 4.74 Å². The van der Waals surface area contributed by atoms with E-state index in [0.29, 0.717) is 13.0 Å². The fourth-order valence-corrected chi connectivity index (χ4v) is 2.08. The Labute approximate surface area is 123 Å². The SMILES string of the molecule is Cc1cccc(OCCC(O)Cc2c(F)cccc2F)c1. The third kappa shape index (κ3) is 4.53. The van der Waals surface area contributed by atoms with Crippen LogP contribution in [0.1, 0.15) is 17.5 Å². The van der Waals surface area contributed by atoms with Gasteiger partial charge < -0.3 is 9.84 Å². The minimum atomic E-state index is -0.846. The van der Waals surface area contributed by atoms with E-state index in [9.17, 15) is 13.9 Å². The summed E-state index contributed by atoms with van der Waals surface area (Å²) in [7, 11) is 0. The Morgan fingerprint density at radius 1 is 1.10 bits per heavy atom. The summed E-state index contributed by atoms with van der Waals surface area (Å²) in [4.78, 5) is 0. The number of hydrogen-bond acceptors (Lipinski definition) is 2. The number of benzene rings is 2. The summed E-state index contributed by atoms with van der Waals surface area (Å²) in [5.41, 5.74) is 1.00. The van der Waals surface area contributed by atoms with Gasteiger partial charge in [-0.1, -0.05) is 18.2 Å².